The van der Waals surface area contributed by atoms with Crippen molar-refractivity contribution in [2.24, 2.45) is 0 Å². The van der Waals surface area contributed by atoms with Crippen LogP contribution < -0.4 is 5.43 Å². The predicted octanol–water partition coefficient (Wildman–Crippen LogP) is 2.30. The molecule has 5 heteroatoms. The van der Waals surface area contributed by atoms with Crippen molar-refractivity contribution in [3.63, 3.8) is 0 Å². The molecule has 0 saturated carbocycles. The molecule has 1 N–H and O–H groups in total. The van der Waals surface area contributed by atoms with Gasteiger partial charge in [-0.1, -0.05) is 29.8 Å². The molecule has 0 radical (unpaired) electrons. The minimum Gasteiger partial charge on any atom is -0.367 e. The lowest BCUT2D eigenvalue weighted by molar-refractivity contribution is 0.0783. The first-order chi connectivity index (χ1) is 9.09. The average molecular weight is 277 g/mol. The van der Waals surface area contributed by atoms with E-state index in [2.05, 4.69) is 4.98 Å². The number of aromatic amines is 1. The number of rotatable bonds is 3. The number of nitrogens with zero attached hydrogens (tertiary/aromatic N) is 1. The van der Waals surface area contributed by atoms with E-state index >= 15 is 0 Å². The van der Waals surface area contributed by atoms with Gasteiger partial charge >= 0.3 is 0 Å². The van der Waals surface area contributed by atoms with Gasteiger partial charge in [-0.2, -0.15) is 0 Å². The number of H-pyrrole nitrogens is 1. The molecule has 4 nitrogen and oxygen atoms in total. The molecule has 0 spiro atoms. The van der Waals surface area contributed by atoms with Crippen molar-refractivity contribution < 1.29 is 4.79 Å². The first-order valence-corrected chi connectivity index (χ1v) is 6.13. The van der Waals surface area contributed by atoms with Gasteiger partial charge in [-0.25, -0.2) is 0 Å². The monoisotopic (exact) mass is 276 g/mol. The van der Waals surface area contributed by atoms with Crippen LogP contribution in [0.3, 0.4) is 0 Å². The van der Waals surface area contributed by atoms with Crippen LogP contribution in [0.25, 0.3) is 0 Å². The van der Waals surface area contributed by atoms with Crippen LogP contribution in [0.2, 0.25) is 5.02 Å². The standard InChI is InChI=1S/C14H13ClN2O2/c1-17(9-10-4-2-3-5-12(10)15)14(19)11-8-16-7-6-13(11)18/h2-8H,9H2,1H3,(H,16,18). The Kier molecular flexibility index (Phi) is 4.02. The summed E-state index contributed by atoms with van der Waals surface area (Å²) in [5.41, 5.74) is 0.666. The molecule has 1 aromatic carbocycles. The van der Waals surface area contributed by atoms with Gasteiger partial charge < -0.3 is 9.88 Å². The number of nitrogens with one attached hydrogen (secondary N) is 1. The lowest BCUT2D eigenvalue weighted by Gasteiger charge is -2.17. The second-order valence-electron chi connectivity index (χ2n) is 4.17. The Balaban J connectivity index is 2.19. The van der Waals surface area contributed by atoms with Gasteiger partial charge in [0.25, 0.3) is 5.91 Å². The Morgan fingerprint density at radius 1 is 1.32 bits per heavy atom. The lowest BCUT2D eigenvalue weighted by Crippen LogP contribution is -2.30. The second-order valence-corrected chi connectivity index (χ2v) is 4.58. The topological polar surface area (TPSA) is 53.2 Å². The summed E-state index contributed by atoms with van der Waals surface area (Å²) in [5.74, 6) is -0.332. The zero-order valence-electron chi connectivity index (χ0n) is 10.4. The van der Waals surface area contributed by atoms with Crippen molar-refractivity contribution in [1.82, 2.24) is 9.88 Å². The number of aromatic nitrogens is 1. The Morgan fingerprint density at radius 3 is 2.74 bits per heavy atom. The first kappa shape index (κ1) is 13.4. The SMILES string of the molecule is CN(Cc1ccccc1Cl)C(=O)c1c[nH]ccc1=O. The minimum atomic E-state index is -0.332. The van der Waals surface area contributed by atoms with Gasteiger partial charge in [0.1, 0.15) is 5.56 Å². The van der Waals surface area contributed by atoms with Crippen LogP contribution >= 0.6 is 11.6 Å². The molecular formula is C14H13ClN2O2. The number of amides is 1. The third kappa shape index (κ3) is 3.03. The fourth-order valence-corrected chi connectivity index (χ4v) is 1.94. The molecule has 98 valence electrons. The predicted molar refractivity (Wildman–Crippen MR) is 74.3 cm³/mol. The zero-order chi connectivity index (χ0) is 13.8. The van der Waals surface area contributed by atoms with Gasteiger partial charge in [0, 0.05) is 37.1 Å². The van der Waals surface area contributed by atoms with E-state index in [9.17, 15) is 9.59 Å². The number of hydrogen-bond acceptors (Lipinski definition) is 2. The maximum Gasteiger partial charge on any atom is 0.259 e. The van der Waals surface area contributed by atoms with E-state index in [1.807, 2.05) is 18.2 Å². The van der Waals surface area contributed by atoms with Crippen LogP contribution in [0, 0.1) is 0 Å². The van der Waals surface area contributed by atoms with Crippen molar-refractivity contribution >= 4 is 17.5 Å². The maximum atomic E-state index is 12.1. The molecular weight excluding hydrogens is 264 g/mol. The Bertz CT molecular complexity index is 652. The summed E-state index contributed by atoms with van der Waals surface area (Å²) in [5, 5.41) is 0.601. The Hall–Kier alpha value is -2.07. The van der Waals surface area contributed by atoms with Crippen molar-refractivity contribution in [3.8, 4) is 0 Å². The fourth-order valence-electron chi connectivity index (χ4n) is 1.74. The molecule has 0 fully saturated rings. The van der Waals surface area contributed by atoms with Crippen molar-refractivity contribution in [1.29, 1.82) is 0 Å². The molecule has 0 unspecified atom stereocenters. The third-order valence-corrected chi connectivity index (χ3v) is 3.14. The van der Waals surface area contributed by atoms with Gasteiger partial charge in [0.2, 0.25) is 0 Å². The fraction of sp³-hybridized carbons (Fsp3) is 0.143. The van der Waals surface area contributed by atoms with Crippen LogP contribution in [0.5, 0.6) is 0 Å². The summed E-state index contributed by atoms with van der Waals surface area (Å²) in [4.78, 5) is 27.9. The molecule has 0 aliphatic rings. The molecule has 0 bridgehead atoms. The summed E-state index contributed by atoms with van der Waals surface area (Å²) in [6.45, 7) is 0.354. The molecule has 0 aliphatic heterocycles. The van der Waals surface area contributed by atoms with Gasteiger partial charge in [0.05, 0.1) is 0 Å². The summed E-state index contributed by atoms with van der Waals surface area (Å²) in [6, 6.07) is 8.63. The van der Waals surface area contributed by atoms with Crippen LogP contribution in [-0.4, -0.2) is 22.8 Å². The molecule has 0 aliphatic carbocycles. The smallest absolute Gasteiger partial charge is 0.259 e. The summed E-state index contributed by atoms with van der Waals surface area (Å²) >= 11 is 6.04. The van der Waals surface area contributed by atoms with E-state index in [1.165, 1.54) is 23.4 Å². The Morgan fingerprint density at radius 2 is 2.05 bits per heavy atom. The summed E-state index contributed by atoms with van der Waals surface area (Å²) in [7, 11) is 1.64. The second kappa shape index (κ2) is 5.71. The number of benzene rings is 1. The molecule has 2 rings (SSSR count). The molecule has 1 heterocycles. The van der Waals surface area contributed by atoms with Gasteiger partial charge in [0.15, 0.2) is 5.43 Å². The number of carbonyl (C=O) groups excluding carboxylic acids is 1. The molecule has 0 atom stereocenters. The summed E-state index contributed by atoms with van der Waals surface area (Å²) in [6.07, 6.45) is 2.90. The summed E-state index contributed by atoms with van der Waals surface area (Å²) < 4.78 is 0. The number of hydrogen-bond donors (Lipinski definition) is 1. The van der Waals surface area contributed by atoms with Crippen LogP contribution in [-0.2, 0) is 6.54 Å². The highest BCUT2D eigenvalue weighted by Gasteiger charge is 2.15. The van der Waals surface area contributed by atoms with E-state index in [1.54, 1.807) is 13.1 Å². The molecule has 1 amide bonds. The minimum absolute atomic E-state index is 0.122. The molecule has 1 aromatic heterocycles. The van der Waals surface area contributed by atoms with Crippen LogP contribution in [0.1, 0.15) is 15.9 Å². The molecule has 2 aromatic rings. The van der Waals surface area contributed by atoms with Gasteiger partial charge in [-0.15, -0.1) is 0 Å². The number of halogens is 1. The zero-order valence-corrected chi connectivity index (χ0v) is 11.1. The normalized spacial score (nSPS) is 10.2. The third-order valence-electron chi connectivity index (χ3n) is 2.77. The van der Waals surface area contributed by atoms with Crippen molar-refractivity contribution in [3.05, 3.63) is 69.1 Å². The first-order valence-electron chi connectivity index (χ1n) is 5.75. The molecule has 0 saturated heterocycles. The number of carbonyl (C=O) groups is 1. The lowest BCUT2D eigenvalue weighted by atomic mass is 10.2. The van der Waals surface area contributed by atoms with E-state index in [-0.39, 0.29) is 16.9 Å². The average Bonchev–Trinajstić information content (AvgIpc) is 2.41. The van der Waals surface area contributed by atoms with Gasteiger partial charge in [-0.05, 0) is 11.6 Å². The highest BCUT2D eigenvalue weighted by Crippen LogP contribution is 2.16. The van der Waals surface area contributed by atoms with Crippen LogP contribution in [0.4, 0.5) is 0 Å². The Labute approximate surface area is 115 Å². The largest absolute Gasteiger partial charge is 0.367 e. The molecule has 19 heavy (non-hydrogen) atoms. The van der Waals surface area contributed by atoms with E-state index in [4.69, 9.17) is 11.6 Å². The quantitative estimate of drug-likeness (QED) is 0.935. The van der Waals surface area contributed by atoms with Gasteiger partial charge in [-0.3, -0.25) is 9.59 Å². The van der Waals surface area contributed by atoms with E-state index in [0.29, 0.717) is 11.6 Å². The highest BCUT2D eigenvalue weighted by atomic mass is 35.5. The van der Waals surface area contributed by atoms with E-state index in [0.717, 1.165) is 5.56 Å². The number of pyridine rings is 1. The highest BCUT2D eigenvalue weighted by molar-refractivity contribution is 6.31. The van der Waals surface area contributed by atoms with Crippen molar-refractivity contribution in [2.75, 3.05) is 7.05 Å². The van der Waals surface area contributed by atoms with Crippen LogP contribution in [0.15, 0.2) is 47.5 Å². The maximum absolute atomic E-state index is 12.1. The van der Waals surface area contributed by atoms with E-state index < -0.39 is 0 Å². The van der Waals surface area contributed by atoms with Crippen molar-refractivity contribution in [2.45, 2.75) is 6.54 Å².